The van der Waals surface area contributed by atoms with Gasteiger partial charge in [-0.1, -0.05) is 224 Å². The van der Waals surface area contributed by atoms with Crippen molar-refractivity contribution in [3.05, 3.63) is 261 Å². The van der Waals surface area contributed by atoms with Gasteiger partial charge in [-0.3, -0.25) is 0 Å². The lowest BCUT2D eigenvalue weighted by atomic mass is 9.89. The molecule has 2 heteroatoms. The number of hydrogen-bond donors (Lipinski definition) is 0. The average molecular weight is 844 g/mol. The molecule has 12 rings (SSSR count). The van der Waals surface area contributed by atoms with Crippen molar-refractivity contribution < 1.29 is 4.39 Å². The molecule has 0 fully saturated rings. The fourth-order valence-electron chi connectivity index (χ4n) is 10.2. The predicted octanol–water partition coefficient (Wildman–Crippen LogP) is 18.2. The molecule has 66 heavy (non-hydrogen) atoms. The first-order chi connectivity index (χ1) is 32.7. The van der Waals surface area contributed by atoms with Crippen LogP contribution < -0.4 is 4.90 Å². The highest BCUT2D eigenvalue weighted by atomic mass is 19.1. The van der Waals surface area contributed by atoms with Crippen molar-refractivity contribution in [2.24, 2.45) is 0 Å². The molecule has 0 unspecified atom stereocenters. The van der Waals surface area contributed by atoms with Gasteiger partial charge in [0.05, 0.1) is 17.1 Å². The van der Waals surface area contributed by atoms with E-state index in [4.69, 9.17) is 0 Å². The smallest absolute Gasteiger partial charge is 0.131 e. The predicted molar refractivity (Wildman–Crippen MR) is 278 cm³/mol. The van der Waals surface area contributed by atoms with Gasteiger partial charge in [-0.05, 0) is 107 Å². The summed E-state index contributed by atoms with van der Waals surface area (Å²) in [4.78, 5) is 2.46. The first-order valence-corrected chi connectivity index (χ1v) is 22.5. The molecular formula is C64H42FN. The van der Waals surface area contributed by atoms with Crippen LogP contribution in [0, 0.1) is 5.82 Å². The van der Waals surface area contributed by atoms with E-state index in [0.29, 0.717) is 5.56 Å². The molecule has 0 N–H and O–H groups in total. The summed E-state index contributed by atoms with van der Waals surface area (Å²) < 4.78 is 15.8. The summed E-state index contributed by atoms with van der Waals surface area (Å²) in [5, 5.41) is 9.48. The summed E-state index contributed by atoms with van der Waals surface area (Å²) in [6.07, 6.45) is 0. The van der Waals surface area contributed by atoms with E-state index in [-0.39, 0.29) is 5.82 Å². The maximum atomic E-state index is 15.8. The van der Waals surface area contributed by atoms with E-state index in [9.17, 15) is 0 Å². The van der Waals surface area contributed by atoms with Crippen molar-refractivity contribution in [3.8, 4) is 55.6 Å². The number of rotatable bonds is 8. The van der Waals surface area contributed by atoms with E-state index >= 15 is 4.39 Å². The summed E-state index contributed by atoms with van der Waals surface area (Å²) in [6, 6.07) is 89.9. The van der Waals surface area contributed by atoms with Gasteiger partial charge in [0.15, 0.2) is 0 Å². The van der Waals surface area contributed by atoms with Crippen molar-refractivity contribution in [3.63, 3.8) is 0 Å². The van der Waals surface area contributed by atoms with Crippen LogP contribution in [-0.4, -0.2) is 0 Å². The lowest BCUT2D eigenvalue weighted by molar-refractivity contribution is 0.631. The summed E-state index contributed by atoms with van der Waals surface area (Å²) in [7, 11) is 0. The number of anilines is 3. The Morgan fingerprint density at radius 2 is 0.697 bits per heavy atom. The van der Waals surface area contributed by atoms with Gasteiger partial charge in [-0.25, -0.2) is 4.39 Å². The summed E-state index contributed by atoms with van der Waals surface area (Å²) in [5.74, 6) is -0.245. The molecule has 1 nitrogen and oxygen atoms in total. The standard InChI is InChI=1S/C64H42FN/c65-59-36-14-11-31-54(59)56-34-17-24-44-25-18-35-57(63(44)56)55-32-13-16-38-61(55)66(62-39-19-33-48(43-20-3-1-4-21-43)64(62)45-22-5-2-6-23-45)60-37-15-12-26-47(60)46-40-41-53-51-29-8-7-27-49(51)50-28-9-10-30-52(50)58(53)42-46/h1-42H. The van der Waals surface area contributed by atoms with Crippen LogP contribution in [0.3, 0.4) is 0 Å². The van der Waals surface area contributed by atoms with Crippen molar-refractivity contribution in [2.45, 2.75) is 0 Å². The zero-order valence-electron chi connectivity index (χ0n) is 36.1. The Kier molecular flexibility index (Phi) is 9.77. The van der Waals surface area contributed by atoms with Crippen LogP contribution in [0.2, 0.25) is 0 Å². The van der Waals surface area contributed by atoms with Gasteiger partial charge in [0, 0.05) is 22.3 Å². The fourth-order valence-corrected chi connectivity index (χ4v) is 10.2. The molecule has 0 radical (unpaired) electrons. The third-order valence-electron chi connectivity index (χ3n) is 13.1. The Morgan fingerprint density at radius 1 is 0.258 bits per heavy atom. The highest BCUT2D eigenvalue weighted by Gasteiger charge is 2.26. The lowest BCUT2D eigenvalue weighted by Gasteiger charge is -2.33. The molecule has 0 saturated carbocycles. The summed E-state index contributed by atoms with van der Waals surface area (Å²) in [5.41, 5.74) is 13.3. The van der Waals surface area contributed by atoms with E-state index in [1.807, 2.05) is 24.3 Å². The maximum absolute atomic E-state index is 15.8. The van der Waals surface area contributed by atoms with E-state index in [1.165, 1.54) is 32.3 Å². The molecule has 0 aliphatic heterocycles. The minimum atomic E-state index is -0.245. The Labute approximate surface area is 383 Å². The number of benzene rings is 12. The second-order valence-electron chi connectivity index (χ2n) is 16.8. The second-order valence-corrected chi connectivity index (χ2v) is 16.8. The molecule has 0 heterocycles. The number of hydrogen-bond acceptors (Lipinski definition) is 1. The fraction of sp³-hybridized carbons (Fsp3) is 0. The summed E-state index contributed by atoms with van der Waals surface area (Å²) >= 11 is 0. The number of halogens is 1. The van der Waals surface area contributed by atoms with Gasteiger partial charge in [-0.15, -0.1) is 0 Å². The van der Waals surface area contributed by atoms with Crippen molar-refractivity contribution >= 4 is 60.2 Å². The van der Waals surface area contributed by atoms with Crippen LogP contribution in [0.1, 0.15) is 0 Å². The first kappa shape index (κ1) is 39.0. The molecule has 0 aromatic heterocycles. The van der Waals surface area contributed by atoms with E-state index in [1.54, 1.807) is 12.1 Å². The molecule has 0 aliphatic rings. The minimum absolute atomic E-state index is 0.245. The molecule has 0 bridgehead atoms. The molecule has 0 atom stereocenters. The highest BCUT2D eigenvalue weighted by molar-refractivity contribution is 6.26. The van der Waals surface area contributed by atoms with Gasteiger partial charge < -0.3 is 4.90 Å². The Morgan fingerprint density at radius 3 is 1.35 bits per heavy atom. The van der Waals surface area contributed by atoms with Crippen molar-refractivity contribution in [2.75, 3.05) is 4.90 Å². The van der Waals surface area contributed by atoms with Gasteiger partial charge in [0.1, 0.15) is 5.82 Å². The highest BCUT2D eigenvalue weighted by Crippen LogP contribution is 2.51. The van der Waals surface area contributed by atoms with E-state index in [0.717, 1.165) is 77.9 Å². The molecule has 12 aromatic rings. The summed E-state index contributed by atoms with van der Waals surface area (Å²) in [6.45, 7) is 0. The maximum Gasteiger partial charge on any atom is 0.131 e. The number of nitrogens with zero attached hydrogens (tertiary/aromatic N) is 1. The SMILES string of the molecule is Fc1ccccc1-c1cccc2cccc(-c3ccccc3N(c3ccccc3-c3ccc4c5ccccc5c5ccccc5c4c3)c3cccc(-c4ccccc4)c3-c3ccccc3)c12. The molecule has 0 aliphatic carbocycles. The second kappa shape index (κ2) is 16.5. The minimum Gasteiger partial charge on any atom is -0.309 e. The molecule has 310 valence electrons. The first-order valence-electron chi connectivity index (χ1n) is 22.5. The third kappa shape index (κ3) is 6.62. The van der Waals surface area contributed by atoms with Crippen LogP contribution in [0.5, 0.6) is 0 Å². The topological polar surface area (TPSA) is 3.24 Å². The number of fused-ring (bicyclic) bond motifs is 7. The lowest BCUT2D eigenvalue weighted by Crippen LogP contribution is -2.14. The largest absolute Gasteiger partial charge is 0.309 e. The van der Waals surface area contributed by atoms with Crippen LogP contribution >= 0.6 is 0 Å². The van der Waals surface area contributed by atoms with Gasteiger partial charge in [0.25, 0.3) is 0 Å². The van der Waals surface area contributed by atoms with Gasteiger partial charge in [-0.2, -0.15) is 0 Å². The van der Waals surface area contributed by atoms with E-state index < -0.39 is 0 Å². The third-order valence-corrected chi connectivity index (χ3v) is 13.1. The van der Waals surface area contributed by atoms with Crippen LogP contribution in [0.25, 0.3) is 98.7 Å². The van der Waals surface area contributed by atoms with Crippen LogP contribution in [0.15, 0.2) is 255 Å². The molecule has 0 amide bonds. The van der Waals surface area contributed by atoms with E-state index in [2.05, 4.69) is 223 Å². The Balaban J connectivity index is 1.17. The van der Waals surface area contributed by atoms with Gasteiger partial charge in [0.2, 0.25) is 0 Å². The molecular weight excluding hydrogens is 802 g/mol. The van der Waals surface area contributed by atoms with Gasteiger partial charge >= 0.3 is 0 Å². The Hall–Kier alpha value is -8.59. The average Bonchev–Trinajstić information content (AvgIpc) is 3.39. The molecule has 12 aromatic carbocycles. The van der Waals surface area contributed by atoms with Crippen molar-refractivity contribution in [1.29, 1.82) is 0 Å². The molecule has 0 saturated heterocycles. The van der Waals surface area contributed by atoms with Crippen LogP contribution in [-0.2, 0) is 0 Å². The zero-order chi connectivity index (χ0) is 44.0. The normalized spacial score (nSPS) is 11.4. The monoisotopic (exact) mass is 843 g/mol. The zero-order valence-corrected chi connectivity index (χ0v) is 36.1. The molecule has 0 spiro atoms. The number of para-hydroxylation sites is 2. The van der Waals surface area contributed by atoms with Crippen LogP contribution in [0.4, 0.5) is 21.5 Å². The quantitative estimate of drug-likeness (QED) is 0.138. The van der Waals surface area contributed by atoms with Crippen molar-refractivity contribution in [1.82, 2.24) is 0 Å². The Bertz CT molecular complexity index is 3740.